The number of pyridine rings is 1. The quantitative estimate of drug-likeness (QED) is 0.293. The molecule has 0 aliphatic rings. The van der Waals surface area contributed by atoms with Crippen molar-refractivity contribution in [2.45, 2.75) is 39.0 Å². The Kier molecular flexibility index (Phi) is 9.32. The largest absolute Gasteiger partial charge is 0.306 e. The lowest BCUT2D eigenvalue weighted by Crippen LogP contribution is -2.23. The summed E-state index contributed by atoms with van der Waals surface area (Å²) in [6.45, 7) is 8.84. The molecule has 0 bridgehead atoms. The van der Waals surface area contributed by atoms with E-state index in [1.165, 1.54) is 30.7 Å². The smallest absolute Gasteiger partial charge is 0.123 e. The van der Waals surface area contributed by atoms with E-state index in [2.05, 4.69) is 73.1 Å². The molecule has 184 valence electrons. The number of aryl methyl sites for hydroxylation is 1. The van der Waals surface area contributed by atoms with E-state index in [1.807, 2.05) is 36.0 Å². The fraction of sp³-hybridized carbons (Fsp3) is 0.333. The van der Waals surface area contributed by atoms with Crippen LogP contribution in [-0.2, 0) is 18.9 Å². The van der Waals surface area contributed by atoms with E-state index in [-0.39, 0.29) is 11.2 Å². The highest BCUT2D eigenvalue weighted by Gasteiger charge is 2.28. The van der Waals surface area contributed by atoms with Crippen molar-refractivity contribution < 1.29 is 4.39 Å². The Morgan fingerprint density at radius 3 is 2.23 bits per heavy atom. The van der Waals surface area contributed by atoms with Gasteiger partial charge in [0.2, 0.25) is 0 Å². The van der Waals surface area contributed by atoms with Gasteiger partial charge in [-0.15, -0.1) is 0 Å². The fourth-order valence-electron chi connectivity index (χ4n) is 4.14. The summed E-state index contributed by atoms with van der Waals surface area (Å²) in [7, 11) is 4.11. The predicted octanol–water partition coefficient (Wildman–Crippen LogP) is 6.52. The molecule has 0 unspecified atom stereocenters. The molecule has 5 heteroatoms. The van der Waals surface area contributed by atoms with E-state index in [9.17, 15) is 4.39 Å². The Labute approximate surface area is 209 Å². The molecule has 4 aromatic rings. The second kappa shape index (κ2) is 12.4. The lowest BCUT2D eigenvalue weighted by atomic mass is 9.84. The number of hydrogen-bond acceptors (Lipinski definition) is 3. The highest BCUT2D eigenvalue weighted by Crippen LogP contribution is 2.32. The lowest BCUT2D eigenvalue weighted by molar-refractivity contribution is 0.339. The van der Waals surface area contributed by atoms with Crippen LogP contribution in [0.2, 0.25) is 0 Å². The van der Waals surface area contributed by atoms with E-state index < -0.39 is 0 Å². The van der Waals surface area contributed by atoms with Crippen LogP contribution >= 0.6 is 0 Å². The van der Waals surface area contributed by atoms with Crippen molar-refractivity contribution in [3.63, 3.8) is 0 Å². The first-order chi connectivity index (χ1) is 16.8. The molecule has 2 heterocycles. The van der Waals surface area contributed by atoms with Gasteiger partial charge in [0, 0.05) is 30.8 Å². The first kappa shape index (κ1) is 26.3. The molecule has 2 aromatic heterocycles. The number of likely N-dealkylation sites (N-methyl/N-ethyl adjacent to an activating group) is 1. The van der Waals surface area contributed by atoms with Gasteiger partial charge in [0.1, 0.15) is 5.82 Å². The Hall–Kier alpha value is -3.31. The molecule has 0 saturated carbocycles. The van der Waals surface area contributed by atoms with E-state index in [1.54, 1.807) is 18.3 Å². The summed E-state index contributed by atoms with van der Waals surface area (Å²) < 4.78 is 14.9. The van der Waals surface area contributed by atoms with Crippen molar-refractivity contribution >= 4 is 0 Å². The van der Waals surface area contributed by atoms with Crippen LogP contribution in [0.5, 0.6) is 0 Å². The highest BCUT2D eigenvalue weighted by molar-refractivity contribution is 5.60. The summed E-state index contributed by atoms with van der Waals surface area (Å²) in [5.41, 5.74) is 4.96. The first-order valence-electron chi connectivity index (χ1n) is 12.3. The van der Waals surface area contributed by atoms with E-state index in [4.69, 9.17) is 0 Å². The van der Waals surface area contributed by atoms with E-state index in [0.29, 0.717) is 0 Å². The first-order valence-corrected chi connectivity index (χ1v) is 12.3. The van der Waals surface area contributed by atoms with Gasteiger partial charge in [-0.3, -0.25) is 9.67 Å². The Morgan fingerprint density at radius 2 is 1.60 bits per heavy atom. The van der Waals surface area contributed by atoms with E-state index in [0.717, 1.165) is 35.6 Å². The monoisotopic (exact) mass is 472 g/mol. The minimum absolute atomic E-state index is 0.242. The number of rotatable bonds is 8. The van der Waals surface area contributed by atoms with Gasteiger partial charge in [0.05, 0.1) is 17.1 Å². The molecule has 35 heavy (non-hydrogen) atoms. The third kappa shape index (κ3) is 7.33. The van der Waals surface area contributed by atoms with Crippen molar-refractivity contribution in [2.75, 3.05) is 20.1 Å². The van der Waals surface area contributed by atoms with Crippen LogP contribution in [-0.4, -0.2) is 39.8 Å². The van der Waals surface area contributed by atoms with Gasteiger partial charge in [-0.2, -0.15) is 5.10 Å². The number of halogens is 1. The van der Waals surface area contributed by atoms with Gasteiger partial charge in [0.15, 0.2) is 0 Å². The van der Waals surface area contributed by atoms with Gasteiger partial charge in [-0.1, -0.05) is 43.3 Å². The maximum absolute atomic E-state index is 13.1. The summed E-state index contributed by atoms with van der Waals surface area (Å²) in [4.78, 5) is 6.85. The zero-order valence-corrected chi connectivity index (χ0v) is 21.6. The maximum atomic E-state index is 13.1. The van der Waals surface area contributed by atoms with Gasteiger partial charge in [-0.25, -0.2) is 4.39 Å². The summed E-state index contributed by atoms with van der Waals surface area (Å²) >= 11 is 0. The second-order valence-corrected chi connectivity index (χ2v) is 9.42. The Balaban J connectivity index is 0.000000225. The molecule has 0 radical (unpaired) electrons. The maximum Gasteiger partial charge on any atom is 0.123 e. The topological polar surface area (TPSA) is 34.0 Å². The predicted molar refractivity (Wildman–Crippen MR) is 143 cm³/mol. The molecule has 0 aliphatic heterocycles. The molecule has 0 saturated heterocycles. The van der Waals surface area contributed by atoms with Crippen molar-refractivity contribution in [2.24, 2.45) is 7.05 Å². The zero-order valence-electron chi connectivity index (χ0n) is 21.6. The molecule has 4 rings (SSSR count). The Bertz CT molecular complexity index is 1150. The SMILES string of the molecule is CCCN(C)CCc1ccccc1.Cn1nc(-c2ccc(F)cc2)cc1C(C)(C)c1ccccn1. The van der Waals surface area contributed by atoms with Crippen LogP contribution in [0.1, 0.15) is 44.1 Å². The zero-order chi connectivity index (χ0) is 25.3. The summed E-state index contributed by atoms with van der Waals surface area (Å²) in [6.07, 6.45) is 4.21. The van der Waals surface area contributed by atoms with Crippen molar-refractivity contribution in [1.82, 2.24) is 19.7 Å². The minimum atomic E-state index is -0.263. The van der Waals surface area contributed by atoms with Gasteiger partial charge < -0.3 is 4.90 Å². The summed E-state index contributed by atoms with van der Waals surface area (Å²) in [6, 6.07) is 25.0. The number of nitrogens with zero attached hydrogens (tertiary/aromatic N) is 4. The molecule has 0 N–H and O–H groups in total. The molecule has 0 amide bonds. The van der Waals surface area contributed by atoms with Crippen molar-refractivity contribution in [1.29, 1.82) is 0 Å². The summed E-state index contributed by atoms with van der Waals surface area (Å²) in [5.74, 6) is -0.242. The van der Waals surface area contributed by atoms with E-state index >= 15 is 0 Å². The standard InChI is InChI=1S/C18H18FN3.C12H19N/c1-18(2,16-6-4-5-11-20-16)17-12-15(21-22(17)3)13-7-9-14(19)10-8-13;1-3-10-13(2)11-9-12-7-5-4-6-8-12/h4-12H,1-3H3;4-8H,3,9-11H2,1-2H3. The molecule has 0 atom stereocenters. The molecule has 0 fully saturated rings. The number of aromatic nitrogens is 3. The highest BCUT2D eigenvalue weighted by atomic mass is 19.1. The third-order valence-corrected chi connectivity index (χ3v) is 6.20. The van der Waals surface area contributed by atoms with Crippen molar-refractivity contribution in [3.05, 3.63) is 108 Å². The second-order valence-electron chi connectivity index (χ2n) is 9.42. The third-order valence-electron chi connectivity index (χ3n) is 6.20. The normalized spacial score (nSPS) is 11.3. The molecular formula is C30H37FN4. The summed E-state index contributed by atoms with van der Waals surface area (Å²) in [5, 5.41) is 4.57. The average molecular weight is 473 g/mol. The lowest BCUT2D eigenvalue weighted by Gasteiger charge is -2.24. The minimum Gasteiger partial charge on any atom is -0.306 e. The molecule has 0 aliphatic carbocycles. The molecule has 2 aromatic carbocycles. The average Bonchev–Trinajstić information content (AvgIpc) is 3.27. The van der Waals surface area contributed by atoms with Crippen LogP contribution in [0, 0.1) is 5.82 Å². The van der Waals surface area contributed by atoms with Crippen LogP contribution in [0.25, 0.3) is 11.3 Å². The molecule has 4 nitrogen and oxygen atoms in total. The fourth-order valence-corrected chi connectivity index (χ4v) is 4.14. The van der Waals surface area contributed by atoms with Crippen LogP contribution in [0.15, 0.2) is 85.1 Å². The van der Waals surface area contributed by atoms with Crippen LogP contribution < -0.4 is 0 Å². The molecule has 0 spiro atoms. The van der Waals surface area contributed by atoms with Crippen molar-refractivity contribution in [3.8, 4) is 11.3 Å². The van der Waals surface area contributed by atoms with Crippen LogP contribution in [0.3, 0.4) is 0 Å². The number of hydrogen-bond donors (Lipinski definition) is 0. The molecular weight excluding hydrogens is 435 g/mol. The van der Waals surface area contributed by atoms with Gasteiger partial charge in [0.25, 0.3) is 0 Å². The van der Waals surface area contributed by atoms with Gasteiger partial charge in [-0.05, 0) is 88.3 Å². The van der Waals surface area contributed by atoms with Gasteiger partial charge >= 0.3 is 0 Å². The Morgan fingerprint density at radius 1 is 0.914 bits per heavy atom. The number of benzene rings is 2. The van der Waals surface area contributed by atoms with Crippen LogP contribution in [0.4, 0.5) is 4.39 Å².